The van der Waals surface area contributed by atoms with Crippen LogP contribution in [0.25, 0.3) is 0 Å². The summed E-state index contributed by atoms with van der Waals surface area (Å²) in [5, 5.41) is 9.98. The average molecular weight is 206 g/mol. The topological polar surface area (TPSA) is 20.2 Å². The second-order valence-electron chi connectivity index (χ2n) is 4.68. The highest BCUT2D eigenvalue weighted by Crippen LogP contribution is 2.37. The fraction of sp³-hybridized carbons (Fsp3) is 0.571. The van der Waals surface area contributed by atoms with Crippen LogP contribution in [-0.4, -0.2) is 5.11 Å². The number of rotatable bonds is 4. The van der Waals surface area contributed by atoms with Crippen molar-refractivity contribution in [3.05, 3.63) is 29.3 Å². The van der Waals surface area contributed by atoms with Crippen molar-refractivity contribution in [3.8, 4) is 5.75 Å². The maximum absolute atomic E-state index is 9.98. The Bertz CT molecular complexity index is 330. The smallest absolute Gasteiger partial charge is 0.119 e. The summed E-state index contributed by atoms with van der Waals surface area (Å²) >= 11 is 0. The van der Waals surface area contributed by atoms with E-state index < -0.39 is 0 Å². The van der Waals surface area contributed by atoms with Crippen LogP contribution in [-0.2, 0) is 5.41 Å². The minimum atomic E-state index is 0.118. The summed E-state index contributed by atoms with van der Waals surface area (Å²) in [7, 11) is 0. The Morgan fingerprint density at radius 1 is 1.27 bits per heavy atom. The van der Waals surface area contributed by atoms with Gasteiger partial charge in [-0.15, -0.1) is 0 Å². The van der Waals surface area contributed by atoms with Crippen LogP contribution in [0.3, 0.4) is 0 Å². The van der Waals surface area contributed by atoms with Crippen molar-refractivity contribution in [2.24, 2.45) is 0 Å². The maximum atomic E-state index is 9.98. The fourth-order valence-electron chi connectivity index (χ4n) is 2.21. The van der Waals surface area contributed by atoms with Gasteiger partial charge in [0, 0.05) is 0 Å². The van der Waals surface area contributed by atoms with E-state index in [4.69, 9.17) is 0 Å². The lowest BCUT2D eigenvalue weighted by molar-refractivity contribution is 0.382. The van der Waals surface area contributed by atoms with Gasteiger partial charge in [0.15, 0.2) is 0 Å². The van der Waals surface area contributed by atoms with E-state index in [9.17, 15) is 5.11 Å². The zero-order valence-corrected chi connectivity index (χ0v) is 10.3. The zero-order chi connectivity index (χ0) is 11.5. The van der Waals surface area contributed by atoms with Crippen LogP contribution in [0.15, 0.2) is 18.2 Å². The van der Waals surface area contributed by atoms with E-state index >= 15 is 0 Å². The number of benzene rings is 1. The number of hydrogen-bond acceptors (Lipinski definition) is 1. The molecule has 0 aromatic heterocycles. The van der Waals surface area contributed by atoms with Crippen LogP contribution >= 0.6 is 0 Å². The molecule has 0 fully saturated rings. The van der Waals surface area contributed by atoms with E-state index in [1.807, 2.05) is 13.0 Å². The van der Waals surface area contributed by atoms with Crippen molar-refractivity contribution >= 4 is 0 Å². The molecule has 1 aromatic carbocycles. The van der Waals surface area contributed by atoms with Crippen molar-refractivity contribution in [1.82, 2.24) is 0 Å². The molecular formula is C14H22O. The number of phenolic OH excluding ortho intramolecular Hbond substituents is 1. The van der Waals surface area contributed by atoms with Gasteiger partial charge >= 0.3 is 0 Å². The Hall–Kier alpha value is -0.980. The van der Waals surface area contributed by atoms with Gasteiger partial charge in [-0.3, -0.25) is 0 Å². The molecule has 0 saturated carbocycles. The van der Waals surface area contributed by atoms with Crippen LogP contribution in [0.2, 0.25) is 0 Å². The van der Waals surface area contributed by atoms with Gasteiger partial charge in [-0.2, -0.15) is 0 Å². The van der Waals surface area contributed by atoms with Gasteiger partial charge in [-0.1, -0.05) is 39.3 Å². The molecule has 15 heavy (non-hydrogen) atoms. The van der Waals surface area contributed by atoms with Crippen LogP contribution in [0.4, 0.5) is 0 Å². The van der Waals surface area contributed by atoms with Crippen molar-refractivity contribution in [3.63, 3.8) is 0 Å². The van der Waals surface area contributed by atoms with Crippen LogP contribution in [0.5, 0.6) is 5.75 Å². The van der Waals surface area contributed by atoms with Gasteiger partial charge in [0.1, 0.15) is 5.75 Å². The molecule has 0 aliphatic rings. The molecule has 1 aromatic rings. The summed E-state index contributed by atoms with van der Waals surface area (Å²) < 4.78 is 0. The minimum absolute atomic E-state index is 0.118. The molecule has 84 valence electrons. The summed E-state index contributed by atoms with van der Waals surface area (Å²) in [6, 6.07) is 6.02. The lowest BCUT2D eigenvalue weighted by Crippen LogP contribution is -2.20. The number of hydrogen-bond donors (Lipinski definition) is 1. The third-order valence-corrected chi connectivity index (χ3v) is 3.39. The summed E-state index contributed by atoms with van der Waals surface area (Å²) in [6.45, 7) is 8.63. The average Bonchev–Trinajstić information content (AvgIpc) is 2.17. The molecule has 0 radical (unpaired) electrons. The van der Waals surface area contributed by atoms with Gasteiger partial charge < -0.3 is 5.11 Å². The van der Waals surface area contributed by atoms with Crippen molar-refractivity contribution in [2.45, 2.75) is 52.4 Å². The Labute approximate surface area is 93.1 Å². The molecular weight excluding hydrogens is 184 g/mol. The molecule has 0 aliphatic carbocycles. The molecule has 1 nitrogen and oxygen atoms in total. The first-order chi connectivity index (χ1) is 7.03. The van der Waals surface area contributed by atoms with Gasteiger partial charge in [-0.05, 0) is 42.4 Å². The van der Waals surface area contributed by atoms with Gasteiger partial charge in [0.25, 0.3) is 0 Å². The molecule has 0 heterocycles. The molecule has 1 rings (SSSR count). The Morgan fingerprint density at radius 3 is 2.40 bits per heavy atom. The minimum Gasteiger partial charge on any atom is -0.508 e. The highest BCUT2D eigenvalue weighted by molar-refractivity contribution is 5.40. The molecule has 0 bridgehead atoms. The SMILES string of the molecule is CCCC(C)(CC)c1ccc(C)cc1O. The van der Waals surface area contributed by atoms with E-state index in [0.29, 0.717) is 5.75 Å². The number of phenols is 1. The van der Waals surface area contributed by atoms with E-state index in [-0.39, 0.29) is 5.41 Å². The normalized spacial score (nSPS) is 14.9. The van der Waals surface area contributed by atoms with Crippen LogP contribution < -0.4 is 0 Å². The Balaban J connectivity index is 3.12. The predicted octanol–water partition coefficient (Wildman–Crippen LogP) is 4.17. The molecule has 0 aliphatic heterocycles. The van der Waals surface area contributed by atoms with Gasteiger partial charge in [0.05, 0.1) is 0 Å². The standard InChI is InChI=1S/C14H22O/c1-5-9-14(4,6-2)12-8-7-11(3)10-13(12)15/h7-8,10,15H,5-6,9H2,1-4H3. The zero-order valence-electron chi connectivity index (χ0n) is 10.3. The molecule has 0 spiro atoms. The highest BCUT2D eigenvalue weighted by atomic mass is 16.3. The van der Waals surface area contributed by atoms with E-state index in [1.54, 1.807) is 0 Å². The monoisotopic (exact) mass is 206 g/mol. The molecule has 1 N–H and O–H groups in total. The quantitative estimate of drug-likeness (QED) is 0.784. The molecule has 0 amide bonds. The molecule has 1 atom stereocenters. The second kappa shape index (κ2) is 4.69. The van der Waals surface area contributed by atoms with Crippen molar-refractivity contribution < 1.29 is 5.11 Å². The molecule has 0 saturated heterocycles. The van der Waals surface area contributed by atoms with E-state index in [2.05, 4.69) is 32.9 Å². The van der Waals surface area contributed by atoms with E-state index in [1.165, 1.54) is 0 Å². The number of aryl methyl sites for hydroxylation is 1. The van der Waals surface area contributed by atoms with Crippen LogP contribution in [0, 0.1) is 6.92 Å². The van der Waals surface area contributed by atoms with Crippen molar-refractivity contribution in [2.75, 3.05) is 0 Å². The summed E-state index contributed by atoms with van der Waals surface area (Å²) in [4.78, 5) is 0. The molecule has 1 unspecified atom stereocenters. The largest absolute Gasteiger partial charge is 0.508 e. The lowest BCUT2D eigenvalue weighted by Gasteiger charge is -2.29. The molecule has 1 heteroatoms. The Kier molecular flexibility index (Phi) is 3.78. The third-order valence-electron chi connectivity index (χ3n) is 3.39. The summed E-state index contributed by atoms with van der Waals surface area (Å²) in [5.41, 5.74) is 2.33. The summed E-state index contributed by atoms with van der Waals surface area (Å²) in [5.74, 6) is 0.452. The first kappa shape index (κ1) is 12.1. The van der Waals surface area contributed by atoms with Crippen LogP contribution in [0.1, 0.15) is 51.2 Å². The highest BCUT2D eigenvalue weighted by Gasteiger charge is 2.26. The van der Waals surface area contributed by atoms with Gasteiger partial charge in [0.2, 0.25) is 0 Å². The first-order valence-corrected chi connectivity index (χ1v) is 5.83. The van der Waals surface area contributed by atoms with Crippen molar-refractivity contribution in [1.29, 1.82) is 0 Å². The third kappa shape index (κ3) is 2.53. The lowest BCUT2D eigenvalue weighted by atomic mass is 9.76. The Morgan fingerprint density at radius 2 is 1.93 bits per heavy atom. The predicted molar refractivity (Wildman–Crippen MR) is 65.4 cm³/mol. The first-order valence-electron chi connectivity index (χ1n) is 5.83. The van der Waals surface area contributed by atoms with Gasteiger partial charge in [-0.25, -0.2) is 0 Å². The number of aromatic hydroxyl groups is 1. The fourth-order valence-corrected chi connectivity index (χ4v) is 2.21. The second-order valence-corrected chi connectivity index (χ2v) is 4.68. The van der Waals surface area contributed by atoms with E-state index in [0.717, 1.165) is 30.4 Å². The maximum Gasteiger partial charge on any atom is 0.119 e. The summed E-state index contributed by atoms with van der Waals surface area (Å²) in [6.07, 6.45) is 3.34.